The van der Waals surface area contributed by atoms with Gasteiger partial charge in [-0.1, -0.05) is 54.6 Å². The number of para-hydroxylation sites is 1. The Bertz CT molecular complexity index is 1310. The molecule has 0 aliphatic heterocycles. The summed E-state index contributed by atoms with van der Waals surface area (Å²) in [6, 6.07) is 23.7. The molecule has 0 aliphatic carbocycles. The van der Waals surface area contributed by atoms with E-state index in [4.69, 9.17) is 4.74 Å². The molecule has 4 rings (SSSR count). The lowest BCUT2D eigenvalue weighted by Gasteiger charge is -2.12. The van der Waals surface area contributed by atoms with Gasteiger partial charge in [0.1, 0.15) is 5.75 Å². The number of carbonyl (C=O) groups is 1. The molecule has 0 spiro atoms. The second kappa shape index (κ2) is 9.04. The number of fused-ring (bicyclic) bond motifs is 1. The maximum atomic E-state index is 13.1. The Labute approximate surface area is 178 Å². The summed E-state index contributed by atoms with van der Waals surface area (Å²) in [5.41, 5.74) is 4.29. The molecule has 31 heavy (non-hydrogen) atoms. The van der Waals surface area contributed by atoms with Crippen molar-refractivity contribution in [3.05, 3.63) is 106 Å². The van der Waals surface area contributed by atoms with Gasteiger partial charge in [-0.05, 0) is 35.4 Å². The van der Waals surface area contributed by atoms with Gasteiger partial charge in [-0.2, -0.15) is 5.10 Å². The maximum Gasteiger partial charge on any atom is 0.307 e. The SMILES string of the molecule is COc1cccc(/C=N/NC(=O)c2nc3ccccc3c(=O)n2Cc2ccccc2)c1. The van der Waals surface area contributed by atoms with Gasteiger partial charge < -0.3 is 4.74 Å². The van der Waals surface area contributed by atoms with Gasteiger partial charge >= 0.3 is 5.91 Å². The molecule has 0 radical (unpaired) electrons. The van der Waals surface area contributed by atoms with E-state index in [2.05, 4.69) is 15.5 Å². The number of hydrogen-bond acceptors (Lipinski definition) is 5. The van der Waals surface area contributed by atoms with Crippen LogP contribution < -0.4 is 15.7 Å². The van der Waals surface area contributed by atoms with Crippen molar-refractivity contribution in [1.29, 1.82) is 0 Å². The van der Waals surface area contributed by atoms with E-state index in [0.29, 0.717) is 16.7 Å². The Hall–Kier alpha value is -4.26. The highest BCUT2D eigenvalue weighted by molar-refractivity contribution is 5.93. The smallest absolute Gasteiger partial charge is 0.307 e. The molecule has 0 atom stereocenters. The predicted molar refractivity (Wildman–Crippen MR) is 120 cm³/mol. The van der Waals surface area contributed by atoms with Crippen molar-refractivity contribution in [1.82, 2.24) is 15.0 Å². The van der Waals surface area contributed by atoms with Crippen LogP contribution in [0.1, 0.15) is 21.7 Å². The van der Waals surface area contributed by atoms with Gasteiger partial charge in [0.05, 0.1) is 30.8 Å². The highest BCUT2D eigenvalue weighted by Crippen LogP contribution is 2.12. The Kier molecular flexibility index (Phi) is 5.84. The number of hydrazone groups is 1. The third kappa shape index (κ3) is 4.51. The number of rotatable bonds is 6. The molecule has 1 heterocycles. The Morgan fingerprint density at radius 3 is 2.65 bits per heavy atom. The summed E-state index contributed by atoms with van der Waals surface area (Å²) in [6.45, 7) is 0.222. The van der Waals surface area contributed by atoms with Crippen molar-refractivity contribution in [3.8, 4) is 5.75 Å². The Balaban J connectivity index is 1.67. The van der Waals surface area contributed by atoms with E-state index in [9.17, 15) is 9.59 Å². The van der Waals surface area contributed by atoms with E-state index < -0.39 is 5.91 Å². The molecule has 154 valence electrons. The van der Waals surface area contributed by atoms with Crippen LogP contribution in [0.15, 0.2) is 88.8 Å². The van der Waals surface area contributed by atoms with Gasteiger partial charge in [0.2, 0.25) is 5.82 Å². The average molecular weight is 412 g/mol. The second-order valence-electron chi connectivity index (χ2n) is 6.81. The van der Waals surface area contributed by atoms with Gasteiger partial charge in [-0.3, -0.25) is 14.2 Å². The monoisotopic (exact) mass is 412 g/mol. The summed E-state index contributed by atoms with van der Waals surface area (Å²) in [5, 5.41) is 4.47. The molecule has 0 unspecified atom stereocenters. The van der Waals surface area contributed by atoms with Crippen LogP contribution in [0, 0.1) is 0 Å². The minimum atomic E-state index is -0.571. The van der Waals surface area contributed by atoms with E-state index in [0.717, 1.165) is 11.1 Å². The van der Waals surface area contributed by atoms with E-state index in [-0.39, 0.29) is 17.9 Å². The van der Waals surface area contributed by atoms with Crippen LogP contribution in [-0.4, -0.2) is 28.8 Å². The quantitative estimate of drug-likeness (QED) is 0.389. The van der Waals surface area contributed by atoms with Crippen molar-refractivity contribution in [2.75, 3.05) is 7.11 Å². The van der Waals surface area contributed by atoms with Crippen molar-refractivity contribution in [2.45, 2.75) is 6.54 Å². The van der Waals surface area contributed by atoms with Gasteiger partial charge in [-0.25, -0.2) is 10.4 Å². The number of aromatic nitrogens is 2. The van der Waals surface area contributed by atoms with Crippen molar-refractivity contribution in [3.63, 3.8) is 0 Å². The topological polar surface area (TPSA) is 85.6 Å². The molecule has 7 heteroatoms. The molecular formula is C24H20N4O3. The highest BCUT2D eigenvalue weighted by Gasteiger charge is 2.17. The lowest BCUT2D eigenvalue weighted by atomic mass is 10.2. The first-order valence-electron chi connectivity index (χ1n) is 9.66. The van der Waals surface area contributed by atoms with E-state index in [1.165, 1.54) is 10.8 Å². The third-order valence-electron chi connectivity index (χ3n) is 4.72. The molecule has 7 nitrogen and oxygen atoms in total. The van der Waals surface area contributed by atoms with Crippen molar-refractivity contribution in [2.24, 2.45) is 5.10 Å². The molecule has 0 saturated heterocycles. The number of methoxy groups -OCH3 is 1. The van der Waals surface area contributed by atoms with Crippen LogP contribution in [0.2, 0.25) is 0 Å². The summed E-state index contributed by atoms with van der Waals surface area (Å²) in [7, 11) is 1.58. The summed E-state index contributed by atoms with van der Waals surface area (Å²) in [5.74, 6) is 0.108. The number of amides is 1. The maximum absolute atomic E-state index is 13.1. The van der Waals surface area contributed by atoms with Crippen LogP contribution in [0.25, 0.3) is 10.9 Å². The summed E-state index contributed by atoms with van der Waals surface area (Å²) in [4.78, 5) is 30.4. The number of benzene rings is 3. The first kappa shape index (κ1) is 20.0. The normalized spacial score (nSPS) is 11.0. The minimum Gasteiger partial charge on any atom is -0.497 e. The Morgan fingerprint density at radius 2 is 1.84 bits per heavy atom. The van der Waals surface area contributed by atoms with Gasteiger partial charge in [0, 0.05) is 0 Å². The molecular weight excluding hydrogens is 392 g/mol. The molecule has 0 bridgehead atoms. The zero-order valence-corrected chi connectivity index (χ0v) is 16.9. The molecule has 1 N–H and O–H groups in total. The van der Waals surface area contributed by atoms with Gasteiger partial charge in [-0.15, -0.1) is 0 Å². The van der Waals surface area contributed by atoms with Crippen LogP contribution >= 0.6 is 0 Å². The van der Waals surface area contributed by atoms with Crippen molar-refractivity contribution >= 4 is 23.0 Å². The number of hydrogen-bond donors (Lipinski definition) is 1. The standard InChI is InChI=1S/C24H20N4O3/c1-31-19-11-7-10-18(14-19)15-25-27-23(29)22-26-21-13-6-5-12-20(21)24(30)28(22)16-17-8-3-2-4-9-17/h2-15H,16H2,1H3,(H,27,29)/b25-15+. The first-order valence-corrected chi connectivity index (χ1v) is 9.66. The minimum absolute atomic E-state index is 0.00431. The Morgan fingerprint density at radius 1 is 1.06 bits per heavy atom. The fourth-order valence-electron chi connectivity index (χ4n) is 3.19. The molecule has 1 aromatic heterocycles. The predicted octanol–water partition coefficient (Wildman–Crippen LogP) is 3.22. The number of carbonyl (C=O) groups excluding carboxylic acids is 1. The molecule has 0 fully saturated rings. The lowest BCUT2D eigenvalue weighted by molar-refractivity contribution is 0.0939. The van der Waals surface area contributed by atoms with E-state index in [1.807, 2.05) is 48.5 Å². The second-order valence-corrected chi connectivity index (χ2v) is 6.81. The van der Waals surface area contributed by atoms with Gasteiger partial charge in [0.15, 0.2) is 0 Å². The molecule has 0 aliphatic rings. The van der Waals surface area contributed by atoms with Crippen molar-refractivity contribution < 1.29 is 9.53 Å². The molecule has 3 aromatic carbocycles. The summed E-state index contributed by atoms with van der Waals surface area (Å²) >= 11 is 0. The summed E-state index contributed by atoms with van der Waals surface area (Å²) < 4.78 is 6.55. The van der Waals surface area contributed by atoms with Gasteiger partial charge in [0.25, 0.3) is 5.56 Å². The fourth-order valence-corrected chi connectivity index (χ4v) is 3.19. The van der Waals surface area contributed by atoms with Crippen LogP contribution in [0.4, 0.5) is 0 Å². The van der Waals surface area contributed by atoms with Crippen LogP contribution in [-0.2, 0) is 6.54 Å². The van der Waals surface area contributed by atoms with E-state index >= 15 is 0 Å². The highest BCUT2D eigenvalue weighted by atomic mass is 16.5. The zero-order valence-electron chi connectivity index (χ0n) is 16.9. The fraction of sp³-hybridized carbons (Fsp3) is 0.0833. The van der Waals surface area contributed by atoms with Crippen LogP contribution in [0.5, 0.6) is 5.75 Å². The molecule has 0 saturated carbocycles. The number of nitrogens with one attached hydrogen (secondary N) is 1. The average Bonchev–Trinajstić information content (AvgIpc) is 2.81. The largest absolute Gasteiger partial charge is 0.497 e. The third-order valence-corrected chi connectivity index (χ3v) is 4.72. The molecule has 1 amide bonds. The first-order chi connectivity index (χ1) is 15.2. The zero-order chi connectivity index (χ0) is 21.6. The number of nitrogens with zero attached hydrogens (tertiary/aromatic N) is 3. The summed E-state index contributed by atoms with van der Waals surface area (Å²) in [6.07, 6.45) is 1.50. The van der Waals surface area contributed by atoms with E-state index in [1.54, 1.807) is 37.4 Å². The van der Waals surface area contributed by atoms with Crippen LogP contribution in [0.3, 0.4) is 0 Å². The number of ether oxygens (including phenoxy) is 1. The molecule has 4 aromatic rings. The lowest BCUT2D eigenvalue weighted by Crippen LogP contribution is -2.32.